The maximum atomic E-state index is 5.84. The second kappa shape index (κ2) is 4.38. The molecule has 1 atom stereocenters. The molecule has 0 aliphatic carbocycles. The molecule has 0 spiro atoms. The predicted octanol–water partition coefficient (Wildman–Crippen LogP) is 0.405. The van der Waals surface area contributed by atoms with Crippen molar-refractivity contribution in [3.05, 3.63) is 18.5 Å². The van der Waals surface area contributed by atoms with Crippen LogP contribution in [0.4, 0.5) is 11.6 Å². The molecule has 0 saturated carbocycles. The highest BCUT2D eigenvalue weighted by Gasteiger charge is 2.17. The van der Waals surface area contributed by atoms with Gasteiger partial charge in [-0.25, -0.2) is 15.0 Å². The lowest BCUT2D eigenvalue weighted by atomic mass is 10.2. The van der Waals surface area contributed by atoms with Gasteiger partial charge >= 0.3 is 0 Å². The van der Waals surface area contributed by atoms with E-state index in [0.717, 1.165) is 31.0 Å². The van der Waals surface area contributed by atoms with Crippen molar-refractivity contribution in [1.29, 1.82) is 0 Å². The van der Waals surface area contributed by atoms with Gasteiger partial charge in [0.1, 0.15) is 17.7 Å². The van der Waals surface area contributed by atoms with Gasteiger partial charge in [-0.3, -0.25) is 0 Å². The summed E-state index contributed by atoms with van der Waals surface area (Å²) in [5.41, 5.74) is 7.31. The standard InChI is InChI=1S/C12H16N6/c1-8-6-18(5-4-14-8)10-3-2-9-11(17-10)12(13)16-7-15-9/h2-3,7-8,14H,4-6H2,1H3,(H2,13,15,16). The summed E-state index contributed by atoms with van der Waals surface area (Å²) < 4.78 is 0. The quantitative estimate of drug-likeness (QED) is 0.756. The van der Waals surface area contributed by atoms with E-state index in [4.69, 9.17) is 5.73 Å². The number of nitrogen functional groups attached to an aromatic ring is 1. The smallest absolute Gasteiger partial charge is 0.153 e. The molecule has 3 heterocycles. The summed E-state index contributed by atoms with van der Waals surface area (Å²) in [6.07, 6.45) is 1.46. The zero-order chi connectivity index (χ0) is 12.5. The first-order chi connectivity index (χ1) is 8.74. The molecule has 6 nitrogen and oxygen atoms in total. The molecular weight excluding hydrogens is 228 g/mol. The predicted molar refractivity (Wildman–Crippen MR) is 71.4 cm³/mol. The van der Waals surface area contributed by atoms with Crippen LogP contribution in [-0.2, 0) is 0 Å². The zero-order valence-corrected chi connectivity index (χ0v) is 10.3. The fourth-order valence-electron chi connectivity index (χ4n) is 2.27. The van der Waals surface area contributed by atoms with Crippen LogP contribution in [-0.4, -0.2) is 40.6 Å². The normalized spacial score (nSPS) is 20.3. The van der Waals surface area contributed by atoms with Crippen LogP contribution in [0.1, 0.15) is 6.92 Å². The third-order valence-corrected chi connectivity index (χ3v) is 3.19. The van der Waals surface area contributed by atoms with Gasteiger partial charge in [0, 0.05) is 25.7 Å². The van der Waals surface area contributed by atoms with Crippen molar-refractivity contribution in [3.63, 3.8) is 0 Å². The minimum Gasteiger partial charge on any atom is -0.382 e. The number of nitrogens with one attached hydrogen (secondary N) is 1. The SMILES string of the molecule is CC1CN(c2ccc3ncnc(N)c3n2)CCN1. The number of aromatic nitrogens is 3. The van der Waals surface area contributed by atoms with Crippen LogP contribution < -0.4 is 16.0 Å². The Kier molecular flexibility index (Phi) is 2.71. The van der Waals surface area contributed by atoms with Crippen molar-refractivity contribution < 1.29 is 0 Å². The Balaban J connectivity index is 1.99. The maximum Gasteiger partial charge on any atom is 0.153 e. The monoisotopic (exact) mass is 244 g/mol. The molecule has 94 valence electrons. The third-order valence-electron chi connectivity index (χ3n) is 3.19. The van der Waals surface area contributed by atoms with Crippen LogP contribution in [0.2, 0.25) is 0 Å². The van der Waals surface area contributed by atoms with Gasteiger partial charge in [0.2, 0.25) is 0 Å². The number of pyridine rings is 1. The number of rotatable bonds is 1. The first-order valence-corrected chi connectivity index (χ1v) is 6.09. The molecule has 2 aromatic heterocycles. The summed E-state index contributed by atoms with van der Waals surface area (Å²) in [6.45, 7) is 5.05. The first kappa shape index (κ1) is 11.2. The number of nitrogens with zero attached hydrogens (tertiary/aromatic N) is 4. The summed E-state index contributed by atoms with van der Waals surface area (Å²) in [5, 5.41) is 3.41. The van der Waals surface area contributed by atoms with Crippen LogP contribution in [0, 0.1) is 0 Å². The van der Waals surface area contributed by atoms with E-state index in [2.05, 4.69) is 32.1 Å². The Hall–Kier alpha value is -1.95. The van der Waals surface area contributed by atoms with Gasteiger partial charge in [-0.15, -0.1) is 0 Å². The molecule has 2 aromatic rings. The van der Waals surface area contributed by atoms with Gasteiger partial charge in [0.05, 0.1) is 5.52 Å². The van der Waals surface area contributed by atoms with Gasteiger partial charge in [-0.2, -0.15) is 0 Å². The molecule has 0 amide bonds. The van der Waals surface area contributed by atoms with E-state index in [1.165, 1.54) is 6.33 Å². The van der Waals surface area contributed by atoms with E-state index in [-0.39, 0.29) is 0 Å². The van der Waals surface area contributed by atoms with Gasteiger partial charge in [-0.05, 0) is 19.1 Å². The lowest BCUT2D eigenvalue weighted by molar-refractivity contribution is 0.482. The Morgan fingerprint density at radius 3 is 3.11 bits per heavy atom. The maximum absolute atomic E-state index is 5.84. The van der Waals surface area contributed by atoms with Crippen molar-refractivity contribution in [2.24, 2.45) is 0 Å². The summed E-state index contributed by atoms with van der Waals surface area (Å²) in [6, 6.07) is 4.41. The summed E-state index contributed by atoms with van der Waals surface area (Å²) in [4.78, 5) is 15.0. The van der Waals surface area contributed by atoms with Crippen LogP contribution in [0.3, 0.4) is 0 Å². The third kappa shape index (κ3) is 1.95. The van der Waals surface area contributed by atoms with E-state index >= 15 is 0 Å². The van der Waals surface area contributed by atoms with Crippen LogP contribution >= 0.6 is 0 Å². The van der Waals surface area contributed by atoms with E-state index in [0.29, 0.717) is 17.4 Å². The minimum absolute atomic E-state index is 0.435. The molecule has 3 rings (SSSR count). The van der Waals surface area contributed by atoms with Crippen molar-refractivity contribution >= 4 is 22.7 Å². The topological polar surface area (TPSA) is 80.0 Å². The molecule has 1 aliphatic rings. The molecular formula is C12H16N6. The number of hydrogen-bond donors (Lipinski definition) is 2. The van der Waals surface area contributed by atoms with Crippen LogP contribution in [0.25, 0.3) is 11.0 Å². The molecule has 0 bridgehead atoms. The number of nitrogens with two attached hydrogens (primary N) is 1. The molecule has 1 aliphatic heterocycles. The van der Waals surface area contributed by atoms with E-state index < -0.39 is 0 Å². The van der Waals surface area contributed by atoms with E-state index in [1.54, 1.807) is 0 Å². The average Bonchev–Trinajstić information content (AvgIpc) is 2.39. The fraction of sp³-hybridized carbons (Fsp3) is 0.417. The largest absolute Gasteiger partial charge is 0.382 e. The molecule has 0 aromatic carbocycles. The van der Waals surface area contributed by atoms with Crippen LogP contribution in [0.15, 0.2) is 18.5 Å². The zero-order valence-electron chi connectivity index (χ0n) is 10.3. The molecule has 0 radical (unpaired) electrons. The van der Waals surface area contributed by atoms with Gasteiger partial charge in [0.15, 0.2) is 5.82 Å². The Bertz CT molecular complexity index is 569. The van der Waals surface area contributed by atoms with Gasteiger partial charge < -0.3 is 16.0 Å². The number of piperazine rings is 1. The first-order valence-electron chi connectivity index (χ1n) is 6.09. The van der Waals surface area contributed by atoms with Gasteiger partial charge in [-0.1, -0.05) is 0 Å². The van der Waals surface area contributed by atoms with Crippen LogP contribution in [0.5, 0.6) is 0 Å². The van der Waals surface area contributed by atoms with Crippen molar-refractivity contribution in [2.45, 2.75) is 13.0 Å². The highest BCUT2D eigenvalue weighted by molar-refractivity contribution is 5.84. The summed E-state index contributed by atoms with van der Waals surface area (Å²) in [5.74, 6) is 1.38. The van der Waals surface area contributed by atoms with E-state index in [1.807, 2.05) is 12.1 Å². The van der Waals surface area contributed by atoms with Gasteiger partial charge in [0.25, 0.3) is 0 Å². The van der Waals surface area contributed by atoms with Crippen molar-refractivity contribution in [2.75, 3.05) is 30.3 Å². The fourth-order valence-corrected chi connectivity index (χ4v) is 2.27. The molecule has 1 saturated heterocycles. The average molecular weight is 244 g/mol. The molecule has 6 heteroatoms. The Labute approximate surface area is 105 Å². The molecule has 3 N–H and O–H groups in total. The summed E-state index contributed by atoms with van der Waals surface area (Å²) >= 11 is 0. The lowest BCUT2D eigenvalue weighted by Crippen LogP contribution is -2.49. The highest BCUT2D eigenvalue weighted by Crippen LogP contribution is 2.20. The highest BCUT2D eigenvalue weighted by atomic mass is 15.2. The summed E-state index contributed by atoms with van der Waals surface area (Å²) in [7, 11) is 0. The van der Waals surface area contributed by atoms with Crippen molar-refractivity contribution in [3.8, 4) is 0 Å². The van der Waals surface area contributed by atoms with E-state index in [9.17, 15) is 0 Å². The number of fused-ring (bicyclic) bond motifs is 1. The second-order valence-electron chi connectivity index (χ2n) is 4.60. The number of hydrogen-bond acceptors (Lipinski definition) is 6. The molecule has 1 fully saturated rings. The Morgan fingerprint density at radius 2 is 2.28 bits per heavy atom. The number of anilines is 2. The second-order valence-corrected chi connectivity index (χ2v) is 4.60. The lowest BCUT2D eigenvalue weighted by Gasteiger charge is -2.32. The van der Waals surface area contributed by atoms with Crippen molar-refractivity contribution in [1.82, 2.24) is 20.3 Å². The Morgan fingerprint density at radius 1 is 1.39 bits per heavy atom. The molecule has 1 unspecified atom stereocenters. The minimum atomic E-state index is 0.435. The molecule has 18 heavy (non-hydrogen) atoms.